The zero-order valence-electron chi connectivity index (χ0n) is 20.8. The van der Waals surface area contributed by atoms with Crippen LogP contribution >= 0.6 is 0 Å². The first-order valence-electron chi connectivity index (χ1n) is 13.0. The Morgan fingerprint density at radius 1 is 1.08 bits per heavy atom. The maximum Gasteiger partial charge on any atom is 0.270 e. The lowest BCUT2D eigenvalue weighted by Crippen LogP contribution is -2.50. The van der Waals surface area contributed by atoms with E-state index in [1.165, 1.54) is 29.3 Å². The number of para-hydroxylation sites is 1. The summed E-state index contributed by atoms with van der Waals surface area (Å²) in [4.78, 5) is 24.7. The second-order valence-corrected chi connectivity index (χ2v) is 10.1. The quantitative estimate of drug-likeness (QED) is 0.412. The number of morpholine rings is 1. The van der Waals surface area contributed by atoms with E-state index in [9.17, 15) is 4.79 Å². The molecule has 7 heteroatoms. The van der Waals surface area contributed by atoms with Gasteiger partial charge in [0.2, 0.25) is 0 Å². The normalized spacial score (nSPS) is 19.8. The van der Waals surface area contributed by atoms with Gasteiger partial charge in [0.25, 0.3) is 5.91 Å². The van der Waals surface area contributed by atoms with Crippen molar-refractivity contribution in [2.75, 3.05) is 46.5 Å². The number of nitrogens with zero attached hydrogens (tertiary/aromatic N) is 2. The molecule has 0 unspecified atom stereocenters. The second kappa shape index (κ2) is 9.99. The molecule has 1 amide bonds. The number of carbonyl (C=O) groups is 1. The molecule has 1 atom stereocenters. The Hall–Kier alpha value is -3.29. The van der Waals surface area contributed by atoms with Gasteiger partial charge in [-0.3, -0.25) is 4.79 Å². The Labute approximate surface area is 211 Å². The summed E-state index contributed by atoms with van der Waals surface area (Å²) in [5, 5.41) is 2.38. The highest BCUT2D eigenvalue weighted by Gasteiger charge is 2.30. The number of ether oxygens (including phenoxy) is 2. The number of rotatable bonds is 6. The van der Waals surface area contributed by atoms with Gasteiger partial charge in [-0.05, 0) is 68.1 Å². The largest absolute Gasteiger partial charge is 0.497 e. The summed E-state index contributed by atoms with van der Waals surface area (Å²) < 4.78 is 11.1. The number of piperidine rings is 1. The number of likely N-dealkylation sites (tertiary alicyclic amines) is 1. The molecule has 7 nitrogen and oxygen atoms in total. The Morgan fingerprint density at radius 2 is 1.94 bits per heavy atom. The van der Waals surface area contributed by atoms with Crippen molar-refractivity contribution in [2.24, 2.45) is 0 Å². The average Bonchev–Trinajstić information content (AvgIpc) is 3.56. The minimum absolute atomic E-state index is 0.0523. The molecule has 36 heavy (non-hydrogen) atoms. The summed E-state index contributed by atoms with van der Waals surface area (Å²) >= 11 is 0. The van der Waals surface area contributed by atoms with Gasteiger partial charge >= 0.3 is 0 Å². The van der Waals surface area contributed by atoms with E-state index in [0.717, 1.165) is 42.7 Å². The molecule has 2 aliphatic heterocycles. The summed E-state index contributed by atoms with van der Waals surface area (Å²) in [6.45, 7) is 5.00. The van der Waals surface area contributed by atoms with Crippen LogP contribution in [0.25, 0.3) is 21.8 Å². The Kier molecular flexibility index (Phi) is 6.42. The fraction of sp³-hybridized carbons (Fsp3) is 0.414. The van der Waals surface area contributed by atoms with Gasteiger partial charge < -0.3 is 29.2 Å². The van der Waals surface area contributed by atoms with E-state index in [2.05, 4.69) is 45.3 Å². The fourth-order valence-electron chi connectivity index (χ4n) is 5.90. The zero-order chi connectivity index (χ0) is 24.5. The van der Waals surface area contributed by atoms with E-state index in [-0.39, 0.29) is 11.9 Å². The first kappa shape index (κ1) is 23.1. The Balaban J connectivity index is 1.07. The molecular weight excluding hydrogens is 452 g/mol. The predicted molar refractivity (Wildman–Crippen MR) is 142 cm³/mol. The molecule has 6 rings (SSSR count). The molecule has 0 bridgehead atoms. The maximum absolute atomic E-state index is 13.5. The minimum Gasteiger partial charge on any atom is -0.497 e. The highest BCUT2D eigenvalue weighted by atomic mass is 16.5. The maximum atomic E-state index is 13.5. The van der Waals surface area contributed by atoms with E-state index in [1.54, 1.807) is 7.11 Å². The molecule has 188 valence electrons. The van der Waals surface area contributed by atoms with Gasteiger partial charge in [0, 0.05) is 47.2 Å². The van der Waals surface area contributed by atoms with Crippen LogP contribution in [0.4, 0.5) is 0 Å². The average molecular weight is 487 g/mol. The van der Waals surface area contributed by atoms with Crippen LogP contribution in [-0.4, -0.2) is 78.2 Å². The van der Waals surface area contributed by atoms with Crippen molar-refractivity contribution in [1.82, 2.24) is 19.8 Å². The standard InChI is InChI=1S/C29H34N4O3/c1-35-23-7-6-21-16-28(31-27(21)17-23)29(34)33-14-15-36-19-22(33)10-13-32-11-8-20(9-12-32)25-18-30-26-5-3-2-4-24(25)26/h2-7,16-18,20,22,30-31H,8-15,19H2,1H3/t22-/m1/s1. The van der Waals surface area contributed by atoms with Gasteiger partial charge in [0.15, 0.2) is 0 Å². The minimum atomic E-state index is 0.0523. The number of benzene rings is 2. The summed E-state index contributed by atoms with van der Waals surface area (Å²) in [5.74, 6) is 1.44. The van der Waals surface area contributed by atoms with Crippen molar-refractivity contribution in [2.45, 2.75) is 31.2 Å². The lowest BCUT2D eigenvalue weighted by Gasteiger charge is -2.38. The molecule has 4 heterocycles. The Bertz CT molecular complexity index is 1350. The van der Waals surface area contributed by atoms with Gasteiger partial charge in [0.1, 0.15) is 11.4 Å². The van der Waals surface area contributed by atoms with Crippen molar-refractivity contribution < 1.29 is 14.3 Å². The number of aromatic amines is 2. The van der Waals surface area contributed by atoms with Gasteiger partial charge in [-0.15, -0.1) is 0 Å². The number of aromatic nitrogens is 2. The molecule has 2 fully saturated rings. The van der Waals surface area contributed by atoms with Crippen LogP contribution < -0.4 is 4.74 Å². The van der Waals surface area contributed by atoms with Crippen molar-refractivity contribution in [3.05, 3.63) is 66.0 Å². The number of fused-ring (bicyclic) bond motifs is 2. The van der Waals surface area contributed by atoms with Gasteiger partial charge in [0.05, 0.1) is 26.4 Å². The molecule has 2 aliphatic rings. The lowest BCUT2D eigenvalue weighted by atomic mass is 9.89. The monoisotopic (exact) mass is 486 g/mol. The number of methoxy groups -OCH3 is 1. The van der Waals surface area contributed by atoms with Crippen molar-refractivity contribution in [1.29, 1.82) is 0 Å². The smallest absolute Gasteiger partial charge is 0.270 e. The molecule has 0 saturated carbocycles. The van der Waals surface area contributed by atoms with Crippen LogP contribution in [0.1, 0.15) is 41.2 Å². The molecule has 2 N–H and O–H groups in total. The number of hydrogen-bond acceptors (Lipinski definition) is 4. The third-order valence-corrected chi connectivity index (χ3v) is 7.98. The van der Waals surface area contributed by atoms with Crippen LogP contribution in [0.2, 0.25) is 0 Å². The molecule has 0 aliphatic carbocycles. The van der Waals surface area contributed by atoms with Crippen molar-refractivity contribution >= 4 is 27.7 Å². The van der Waals surface area contributed by atoms with Gasteiger partial charge in [-0.25, -0.2) is 0 Å². The fourth-order valence-corrected chi connectivity index (χ4v) is 5.90. The van der Waals surface area contributed by atoms with Crippen molar-refractivity contribution in [3.8, 4) is 5.75 Å². The highest BCUT2D eigenvalue weighted by Crippen LogP contribution is 2.33. The number of nitrogens with one attached hydrogen (secondary N) is 2. The lowest BCUT2D eigenvalue weighted by molar-refractivity contribution is -0.00749. The van der Waals surface area contributed by atoms with Crippen molar-refractivity contribution in [3.63, 3.8) is 0 Å². The SMILES string of the molecule is COc1ccc2cc(C(=O)N3CCOC[C@H]3CCN3CCC(c4c[nH]c5ccccc45)CC3)[nH]c2c1. The van der Waals surface area contributed by atoms with Crippen LogP contribution in [0.5, 0.6) is 5.75 Å². The number of H-pyrrole nitrogens is 2. The predicted octanol–water partition coefficient (Wildman–Crippen LogP) is 4.77. The highest BCUT2D eigenvalue weighted by molar-refractivity contribution is 5.98. The van der Waals surface area contributed by atoms with E-state index in [0.29, 0.717) is 31.4 Å². The molecule has 0 radical (unpaired) electrons. The van der Waals surface area contributed by atoms with Crippen LogP contribution in [0.3, 0.4) is 0 Å². The van der Waals surface area contributed by atoms with Crippen LogP contribution in [0.15, 0.2) is 54.7 Å². The number of hydrogen-bond donors (Lipinski definition) is 2. The third kappa shape index (κ3) is 4.49. The van der Waals surface area contributed by atoms with Crippen LogP contribution in [-0.2, 0) is 4.74 Å². The number of amides is 1. The van der Waals surface area contributed by atoms with E-state index < -0.39 is 0 Å². The van der Waals surface area contributed by atoms with E-state index >= 15 is 0 Å². The molecular formula is C29H34N4O3. The van der Waals surface area contributed by atoms with Crippen LogP contribution in [0, 0.1) is 0 Å². The first-order valence-corrected chi connectivity index (χ1v) is 13.0. The summed E-state index contributed by atoms with van der Waals surface area (Å²) in [7, 11) is 1.65. The summed E-state index contributed by atoms with van der Waals surface area (Å²) in [6, 6.07) is 16.5. The second-order valence-electron chi connectivity index (χ2n) is 10.1. The summed E-state index contributed by atoms with van der Waals surface area (Å²) in [5.41, 5.74) is 4.23. The third-order valence-electron chi connectivity index (χ3n) is 7.98. The molecule has 2 saturated heterocycles. The Morgan fingerprint density at radius 3 is 2.81 bits per heavy atom. The zero-order valence-corrected chi connectivity index (χ0v) is 20.8. The van der Waals surface area contributed by atoms with Gasteiger partial charge in [-0.1, -0.05) is 18.2 Å². The molecule has 2 aromatic carbocycles. The summed E-state index contributed by atoms with van der Waals surface area (Å²) in [6.07, 6.45) is 5.47. The number of carbonyl (C=O) groups excluding carboxylic acids is 1. The van der Waals surface area contributed by atoms with Gasteiger partial charge in [-0.2, -0.15) is 0 Å². The molecule has 0 spiro atoms. The topological polar surface area (TPSA) is 73.6 Å². The van der Waals surface area contributed by atoms with E-state index in [4.69, 9.17) is 9.47 Å². The van der Waals surface area contributed by atoms with E-state index in [1.807, 2.05) is 29.2 Å². The first-order chi connectivity index (χ1) is 17.7. The molecule has 4 aromatic rings. The molecule has 2 aromatic heterocycles.